The van der Waals surface area contributed by atoms with Gasteiger partial charge in [-0.15, -0.1) is 0 Å². The van der Waals surface area contributed by atoms with E-state index in [1.54, 1.807) is 0 Å². The van der Waals surface area contributed by atoms with Crippen LogP contribution in [0, 0.1) is 5.92 Å². The lowest BCUT2D eigenvalue weighted by Crippen LogP contribution is -2.60. The fraction of sp³-hybridized carbons (Fsp3) is 0.636. The van der Waals surface area contributed by atoms with E-state index in [1.165, 1.54) is 13.8 Å². The molecule has 0 fully saturated rings. The van der Waals surface area contributed by atoms with Gasteiger partial charge in [-0.3, -0.25) is 52.7 Å². The molecule has 8 amide bonds. The SMILES string of the molecule is CC(C)[C@H](NC(=O)[C@H](CCC(=O)O)NC(=O)[C@H](CC(=O)O)NC(=O)CN)C(=O)N[C@@H](CC(=O)O)C(=O)NCC(=O)N[C@@H](CO)C(=O)NCC(=O)N[C@@H](CCCCN)C(=O)O. The number of rotatable bonds is 30. The third-order valence-electron chi connectivity index (χ3n) is 8.02. The standard InChI is InChI=1S/C33H54N10O17/c1-15(2)27(43-30(56)16(6-7-24(48)49)41-31(57)19(10-26(52)53)39-21(45)11-35)32(58)42-18(9-25(50)51)28(54)36-13-23(47)40-20(14-44)29(55)37-12-22(46)38-17(33(59)60)5-3-4-8-34/h15-20,27,44H,3-14,34-35H2,1-2H3,(H,36,54)(H,37,55)(H,38,46)(H,39,45)(H,40,47)(H,41,57)(H,42,58)(H,43,56)(H,48,49)(H,50,51)(H,52,53)(H,59,60)/t16-,17-,18-,19-,20-,27-/m0/s1. The number of unbranched alkanes of at least 4 members (excludes halogenated alkanes) is 1. The molecule has 0 aliphatic carbocycles. The van der Waals surface area contributed by atoms with Gasteiger partial charge in [-0.05, 0) is 38.1 Å². The highest BCUT2D eigenvalue weighted by Crippen LogP contribution is 2.08. The summed E-state index contributed by atoms with van der Waals surface area (Å²) in [5.74, 6) is -15.5. The number of nitrogens with two attached hydrogens (primary N) is 2. The molecule has 0 unspecified atom stereocenters. The van der Waals surface area contributed by atoms with Gasteiger partial charge in [-0.1, -0.05) is 13.8 Å². The number of nitrogens with one attached hydrogen (secondary N) is 8. The first-order valence-corrected chi connectivity index (χ1v) is 18.3. The molecule has 0 radical (unpaired) electrons. The van der Waals surface area contributed by atoms with E-state index >= 15 is 0 Å². The van der Waals surface area contributed by atoms with Crippen LogP contribution in [0.3, 0.4) is 0 Å². The van der Waals surface area contributed by atoms with E-state index in [0.29, 0.717) is 19.4 Å². The fourth-order valence-electron chi connectivity index (χ4n) is 4.90. The highest BCUT2D eigenvalue weighted by molar-refractivity contribution is 5.98. The van der Waals surface area contributed by atoms with Crippen LogP contribution in [-0.2, 0) is 57.5 Å². The lowest BCUT2D eigenvalue weighted by Gasteiger charge is -2.27. The summed E-state index contributed by atoms with van der Waals surface area (Å²) >= 11 is 0. The Morgan fingerprint density at radius 1 is 0.500 bits per heavy atom. The minimum atomic E-state index is -1.90. The number of aliphatic carboxylic acids is 4. The average Bonchev–Trinajstić information content (AvgIpc) is 3.16. The minimum Gasteiger partial charge on any atom is -0.481 e. The molecule has 27 heteroatoms. The molecule has 0 rings (SSSR count). The van der Waals surface area contributed by atoms with Crippen LogP contribution in [0.2, 0.25) is 0 Å². The zero-order valence-corrected chi connectivity index (χ0v) is 32.8. The number of carboxylic acid groups (broad SMARTS) is 4. The van der Waals surface area contributed by atoms with Crippen molar-refractivity contribution < 1.29 is 83.1 Å². The monoisotopic (exact) mass is 862 g/mol. The molecule has 17 N–H and O–H groups in total. The second kappa shape index (κ2) is 28.0. The summed E-state index contributed by atoms with van der Waals surface area (Å²) in [6.45, 7) is -0.182. The van der Waals surface area contributed by atoms with Gasteiger partial charge in [0.05, 0.1) is 39.1 Å². The first-order valence-electron chi connectivity index (χ1n) is 18.3. The molecule has 0 aromatic rings. The molecule has 338 valence electrons. The van der Waals surface area contributed by atoms with Crippen molar-refractivity contribution in [3.63, 3.8) is 0 Å². The predicted octanol–water partition coefficient (Wildman–Crippen LogP) is -7.24. The van der Waals surface area contributed by atoms with Crippen molar-refractivity contribution in [1.29, 1.82) is 0 Å². The molecule has 0 spiro atoms. The molecule has 60 heavy (non-hydrogen) atoms. The van der Waals surface area contributed by atoms with E-state index in [1.807, 2.05) is 10.6 Å². The van der Waals surface area contributed by atoms with Crippen LogP contribution < -0.4 is 54.0 Å². The third kappa shape index (κ3) is 21.9. The summed E-state index contributed by atoms with van der Waals surface area (Å²) in [4.78, 5) is 147. The molecule has 0 bridgehead atoms. The molecule has 27 nitrogen and oxygen atoms in total. The average molecular weight is 863 g/mol. The summed E-state index contributed by atoms with van der Waals surface area (Å²) in [6.07, 6.45) is -2.35. The van der Waals surface area contributed by atoms with E-state index in [-0.39, 0.29) is 6.42 Å². The Balaban J connectivity index is 5.72. The first-order chi connectivity index (χ1) is 28.1. The van der Waals surface area contributed by atoms with Crippen molar-refractivity contribution >= 4 is 71.1 Å². The van der Waals surface area contributed by atoms with E-state index in [2.05, 4.69) is 31.9 Å². The molecular formula is C33H54N10O17. The van der Waals surface area contributed by atoms with Gasteiger partial charge in [0.25, 0.3) is 0 Å². The molecule has 0 saturated heterocycles. The number of carbonyl (C=O) groups excluding carboxylic acids is 8. The van der Waals surface area contributed by atoms with Crippen molar-refractivity contribution in [2.45, 2.75) is 95.0 Å². The summed E-state index contributed by atoms with van der Waals surface area (Å²) in [7, 11) is 0. The quantitative estimate of drug-likeness (QED) is 0.0298. The van der Waals surface area contributed by atoms with E-state index < -0.39 is 165 Å². The largest absolute Gasteiger partial charge is 0.481 e. The molecule has 0 aliphatic rings. The predicted molar refractivity (Wildman–Crippen MR) is 200 cm³/mol. The molecule has 0 saturated carbocycles. The van der Waals surface area contributed by atoms with Gasteiger partial charge in [0, 0.05) is 6.42 Å². The highest BCUT2D eigenvalue weighted by Gasteiger charge is 2.34. The summed E-state index contributed by atoms with van der Waals surface area (Å²) in [6, 6.07) is -9.90. The summed E-state index contributed by atoms with van der Waals surface area (Å²) in [5, 5.41) is 63.6. The van der Waals surface area contributed by atoms with Gasteiger partial charge in [-0.2, -0.15) is 0 Å². The molecule has 0 aromatic heterocycles. The highest BCUT2D eigenvalue weighted by atomic mass is 16.4. The third-order valence-corrected chi connectivity index (χ3v) is 8.02. The Kier molecular flexibility index (Phi) is 25.0. The fourth-order valence-corrected chi connectivity index (χ4v) is 4.90. The number of hydrogen-bond acceptors (Lipinski definition) is 15. The number of hydrogen-bond donors (Lipinski definition) is 15. The van der Waals surface area contributed by atoms with E-state index in [9.17, 15) is 78.0 Å². The van der Waals surface area contributed by atoms with Gasteiger partial charge < -0.3 is 79.5 Å². The second-order valence-corrected chi connectivity index (χ2v) is 13.3. The number of aliphatic hydroxyl groups is 1. The number of aliphatic hydroxyl groups excluding tert-OH is 1. The second-order valence-electron chi connectivity index (χ2n) is 13.3. The van der Waals surface area contributed by atoms with Crippen molar-refractivity contribution in [3.05, 3.63) is 0 Å². The van der Waals surface area contributed by atoms with Crippen LogP contribution in [-0.4, -0.2) is 166 Å². The summed E-state index contributed by atoms with van der Waals surface area (Å²) < 4.78 is 0. The number of amides is 8. The van der Waals surface area contributed by atoms with Gasteiger partial charge >= 0.3 is 23.9 Å². The van der Waals surface area contributed by atoms with Crippen molar-refractivity contribution in [1.82, 2.24) is 42.5 Å². The minimum absolute atomic E-state index is 0.0656. The zero-order valence-electron chi connectivity index (χ0n) is 32.8. The molecule has 0 heterocycles. The van der Waals surface area contributed by atoms with Gasteiger partial charge in [0.15, 0.2) is 0 Å². The maximum Gasteiger partial charge on any atom is 0.326 e. The number of carboxylic acids is 4. The Labute approximate surface area is 341 Å². The molecular weight excluding hydrogens is 808 g/mol. The van der Waals surface area contributed by atoms with Crippen molar-refractivity contribution in [2.75, 3.05) is 32.8 Å². The van der Waals surface area contributed by atoms with Crippen LogP contribution >= 0.6 is 0 Å². The van der Waals surface area contributed by atoms with E-state index in [0.717, 1.165) is 0 Å². The van der Waals surface area contributed by atoms with Crippen LogP contribution in [0.1, 0.15) is 58.8 Å². The lowest BCUT2D eigenvalue weighted by molar-refractivity contribution is -0.142. The van der Waals surface area contributed by atoms with Gasteiger partial charge in [0.1, 0.15) is 36.3 Å². The smallest absolute Gasteiger partial charge is 0.326 e. The first kappa shape index (κ1) is 53.5. The zero-order chi connectivity index (χ0) is 46.1. The van der Waals surface area contributed by atoms with Crippen LogP contribution in [0.5, 0.6) is 0 Å². The normalized spacial score (nSPS) is 13.7. The number of carbonyl (C=O) groups is 12. The Morgan fingerprint density at radius 2 is 0.967 bits per heavy atom. The van der Waals surface area contributed by atoms with Gasteiger partial charge in [-0.25, -0.2) is 4.79 Å². The lowest BCUT2D eigenvalue weighted by atomic mass is 10.0. The maximum absolute atomic E-state index is 13.4. The van der Waals surface area contributed by atoms with E-state index in [4.69, 9.17) is 16.6 Å². The molecule has 0 aromatic carbocycles. The molecule has 0 aliphatic heterocycles. The Morgan fingerprint density at radius 3 is 1.42 bits per heavy atom. The Hall–Kier alpha value is -6.48. The van der Waals surface area contributed by atoms with Gasteiger partial charge in [0.2, 0.25) is 47.3 Å². The Bertz CT molecular complexity index is 1580. The van der Waals surface area contributed by atoms with Crippen LogP contribution in [0.15, 0.2) is 0 Å². The van der Waals surface area contributed by atoms with Crippen LogP contribution in [0.25, 0.3) is 0 Å². The van der Waals surface area contributed by atoms with Crippen LogP contribution in [0.4, 0.5) is 0 Å². The molecule has 6 atom stereocenters. The maximum atomic E-state index is 13.4. The summed E-state index contributed by atoms with van der Waals surface area (Å²) in [5.41, 5.74) is 10.6. The topological polar surface area (TPSA) is 454 Å². The van der Waals surface area contributed by atoms with Crippen molar-refractivity contribution in [2.24, 2.45) is 17.4 Å². The van der Waals surface area contributed by atoms with Crippen molar-refractivity contribution in [3.8, 4) is 0 Å².